The molecule has 0 radical (unpaired) electrons. The molecule has 1 atom stereocenters. The molecule has 6 heteroatoms. The standard InChI is InChI=1S/C15H20ClFN4/c1-4-15(18,13-7-6-11(17)9-19-13)8-12-14(16)10(3)20-21(12)5-2/h6-7,9H,4-5,8,18H2,1-3H3. The molecule has 2 heterocycles. The van der Waals surface area contributed by atoms with Crippen molar-refractivity contribution < 1.29 is 4.39 Å². The first kappa shape index (κ1) is 15.9. The summed E-state index contributed by atoms with van der Waals surface area (Å²) in [6, 6.07) is 3.01. The second kappa shape index (κ2) is 6.12. The number of hydrogen-bond acceptors (Lipinski definition) is 3. The number of aryl methyl sites for hydroxylation is 2. The van der Waals surface area contributed by atoms with Crippen LogP contribution in [0.1, 0.15) is 37.4 Å². The molecule has 0 amide bonds. The molecule has 2 aromatic heterocycles. The molecule has 0 aliphatic heterocycles. The van der Waals surface area contributed by atoms with Gasteiger partial charge in [0.1, 0.15) is 5.82 Å². The monoisotopic (exact) mass is 310 g/mol. The van der Waals surface area contributed by atoms with Crippen molar-refractivity contribution in [2.45, 2.75) is 45.7 Å². The van der Waals surface area contributed by atoms with E-state index in [1.807, 2.05) is 25.5 Å². The van der Waals surface area contributed by atoms with Gasteiger partial charge in [-0.25, -0.2) is 4.39 Å². The van der Waals surface area contributed by atoms with Crippen LogP contribution in [-0.2, 0) is 18.5 Å². The van der Waals surface area contributed by atoms with Gasteiger partial charge in [-0.15, -0.1) is 0 Å². The molecule has 0 aromatic carbocycles. The second-order valence-corrected chi connectivity index (χ2v) is 5.59. The SMILES string of the molecule is CCn1nc(C)c(Cl)c1CC(N)(CC)c1ccc(F)cn1. The van der Waals surface area contributed by atoms with E-state index in [9.17, 15) is 4.39 Å². The Hall–Kier alpha value is -1.46. The zero-order chi connectivity index (χ0) is 15.6. The van der Waals surface area contributed by atoms with Crippen LogP contribution in [0.25, 0.3) is 0 Å². The van der Waals surface area contributed by atoms with Crippen LogP contribution in [0.15, 0.2) is 18.3 Å². The first-order valence-electron chi connectivity index (χ1n) is 7.04. The number of aromatic nitrogens is 3. The molecule has 2 rings (SSSR count). The van der Waals surface area contributed by atoms with Crippen molar-refractivity contribution in [2.75, 3.05) is 0 Å². The summed E-state index contributed by atoms with van der Waals surface area (Å²) in [7, 11) is 0. The van der Waals surface area contributed by atoms with Gasteiger partial charge in [0.05, 0.1) is 33.8 Å². The molecule has 0 fully saturated rings. The van der Waals surface area contributed by atoms with Gasteiger partial charge >= 0.3 is 0 Å². The number of halogens is 2. The summed E-state index contributed by atoms with van der Waals surface area (Å²) >= 11 is 6.35. The molecular formula is C15H20ClFN4. The van der Waals surface area contributed by atoms with E-state index in [0.29, 0.717) is 23.6 Å². The van der Waals surface area contributed by atoms with E-state index in [4.69, 9.17) is 17.3 Å². The summed E-state index contributed by atoms with van der Waals surface area (Å²) in [5, 5.41) is 5.04. The third-order valence-electron chi connectivity index (χ3n) is 3.80. The van der Waals surface area contributed by atoms with Crippen LogP contribution in [0.5, 0.6) is 0 Å². The van der Waals surface area contributed by atoms with Crippen LogP contribution in [0, 0.1) is 12.7 Å². The zero-order valence-electron chi connectivity index (χ0n) is 12.5. The number of nitrogens with zero attached hydrogens (tertiary/aromatic N) is 3. The summed E-state index contributed by atoms with van der Waals surface area (Å²) in [4.78, 5) is 4.14. The highest BCUT2D eigenvalue weighted by atomic mass is 35.5. The second-order valence-electron chi connectivity index (χ2n) is 5.21. The van der Waals surface area contributed by atoms with Crippen LogP contribution in [0.4, 0.5) is 4.39 Å². The molecule has 0 saturated heterocycles. The molecule has 4 nitrogen and oxygen atoms in total. The lowest BCUT2D eigenvalue weighted by atomic mass is 9.87. The lowest BCUT2D eigenvalue weighted by Crippen LogP contribution is -2.40. The Labute approximate surface area is 129 Å². The smallest absolute Gasteiger partial charge is 0.141 e. The number of pyridine rings is 1. The highest BCUT2D eigenvalue weighted by Crippen LogP contribution is 2.30. The molecule has 2 aromatic rings. The van der Waals surface area contributed by atoms with Gasteiger partial charge in [0.2, 0.25) is 0 Å². The van der Waals surface area contributed by atoms with Crippen molar-refractivity contribution in [1.82, 2.24) is 14.8 Å². The Bertz CT molecular complexity index is 623. The Morgan fingerprint density at radius 1 is 1.38 bits per heavy atom. The van der Waals surface area contributed by atoms with Crippen molar-refractivity contribution in [3.05, 3.63) is 46.3 Å². The molecule has 0 aliphatic carbocycles. The maximum Gasteiger partial charge on any atom is 0.141 e. The van der Waals surface area contributed by atoms with Gasteiger partial charge in [-0.05, 0) is 32.4 Å². The van der Waals surface area contributed by atoms with Gasteiger partial charge in [0.25, 0.3) is 0 Å². The van der Waals surface area contributed by atoms with E-state index in [1.54, 1.807) is 6.07 Å². The lowest BCUT2D eigenvalue weighted by Gasteiger charge is -2.28. The maximum atomic E-state index is 13.1. The van der Waals surface area contributed by atoms with E-state index in [-0.39, 0.29) is 5.82 Å². The highest BCUT2D eigenvalue weighted by Gasteiger charge is 2.30. The minimum atomic E-state index is -0.698. The van der Waals surface area contributed by atoms with Gasteiger partial charge in [-0.2, -0.15) is 5.10 Å². The fraction of sp³-hybridized carbons (Fsp3) is 0.467. The molecule has 0 spiro atoms. The number of rotatable bonds is 5. The van der Waals surface area contributed by atoms with E-state index in [0.717, 1.165) is 17.9 Å². The minimum absolute atomic E-state index is 0.371. The van der Waals surface area contributed by atoms with Gasteiger partial charge in [0.15, 0.2) is 0 Å². The summed E-state index contributed by atoms with van der Waals surface area (Å²) in [6.45, 7) is 6.59. The van der Waals surface area contributed by atoms with E-state index < -0.39 is 5.54 Å². The largest absolute Gasteiger partial charge is 0.320 e. The predicted molar refractivity (Wildman–Crippen MR) is 81.7 cm³/mol. The molecule has 114 valence electrons. The Morgan fingerprint density at radius 2 is 2.10 bits per heavy atom. The third kappa shape index (κ3) is 3.09. The van der Waals surface area contributed by atoms with Gasteiger partial charge < -0.3 is 5.73 Å². The van der Waals surface area contributed by atoms with Crippen LogP contribution in [-0.4, -0.2) is 14.8 Å². The maximum absolute atomic E-state index is 13.1. The fourth-order valence-corrected chi connectivity index (χ4v) is 2.61. The lowest BCUT2D eigenvalue weighted by molar-refractivity contribution is 0.395. The van der Waals surface area contributed by atoms with Crippen molar-refractivity contribution >= 4 is 11.6 Å². The molecule has 2 N–H and O–H groups in total. The van der Waals surface area contributed by atoms with Crippen LogP contribution < -0.4 is 5.73 Å². The number of hydrogen-bond donors (Lipinski definition) is 1. The normalized spacial score (nSPS) is 14.2. The van der Waals surface area contributed by atoms with E-state index >= 15 is 0 Å². The first-order valence-corrected chi connectivity index (χ1v) is 7.41. The summed E-state index contributed by atoms with van der Waals surface area (Å²) < 4.78 is 14.9. The van der Waals surface area contributed by atoms with E-state index in [1.165, 1.54) is 12.3 Å². The quantitative estimate of drug-likeness (QED) is 0.922. The molecule has 1 unspecified atom stereocenters. The van der Waals surface area contributed by atoms with Crippen molar-refractivity contribution in [1.29, 1.82) is 0 Å². The predicted octanol–water partition coefficient (Wildman–Crippen LogP) is 3.21. The van der Waals surface area contributed by atoms with Gasteiger partial charge in [-0.1, -0.05) is 18.5 Å². The van der Waals surface area contributed by atoms with Crippen LogP contribution in [0.3, 0.4) is 0 Å². The summed E-state index contributed by atoms with van der Waals surface area (Å²) in [5.41, 5.74) is 8.16. The van der Waals surface area contributed by atoms with Crippen molar-refractivity contribution in [2.24, 2.45) is 5.73 Å². The highest BCUT2D eigenvalue weighted by molar-refractivity contribution is 6.31. The van der Waals surface area contributed by atoms with Crippen molar-refractivity contribution in [3.8, 4) is 0 Å². The molecule has 0 bridgehead atoms. The topological polar surface area (TPSA) is 56.7 Å². The Balaban J connectivity index is 2.40. The third-order valence-corrected chi connectivity index (χ3v) is 4.30. The molecular weight excluding hydrogens is 291 g/mol. The van der Waals surface area contributed by atoms with Gasteiger partial charge in [-0.3, -0.25) is 9.67 Å². The van der Waals surface area contributed by atoms with Crippen molar-refractivity contribution in [3.63, 3.8) is 0 Å². The fourth-order valence-electron chi connectivity index (χ4n) is 2.40. The zero-order valence-corrected chi connectivity index (χ0v) is 13.3. The number of nitrogens with two attached hydrogens (primary N) is 1. The van der Waals surface area contributed by atoms with E-state index in [2.05, 4.69) is 10.1 Å². The average molecular weight is 311 g/mol. The first-order chi connectivity index (χ1) is 9.91. The molecule has 0 aliphatic rings. The molecule has 0 saturated carbocycles. The Kier molecular flexibility index (Phi) is 4.64. The summed E-state index contributed by atoms with van der Waals surface area (Å²) in [6.07, 6.45) is 2.36. The minimum Gasteiger partial charge on any atom is -0.320 e. The van der Waals surface area contributed by atoms with Crippen LogP contribution in [0.2, 0.25) is 5.02 Å². The Morgan fingerprint density at radius 3 is 2.62 bits per heavy atom. The van der Waals surface area contributed by atoms with Crippen LogP contribution >= 0.6 is 11.6 Å². The average Bonchev–Trinajstić information content (AvgIpc) is 2.75. The summed E-state index contributed by atoms with van der Waals surface area (Å²) in [5.74, 6) is -0.371. The van der Waals surface area contributed by atoms with Gasteiger partial charge in [0, 0.05) is 13.0 Å². The molecule has 21 heavy (non-hydrogen) atoms.